The first-order chi connectivity index (χ1) is 16.7. The van der Waals surface area contributed by atoms with Crippen molar-refractivity contribution < 1.29 is 8.78 Å². The Hall–Kier alpha value is -4.51. The second-order valence-corrected chi connectivity index (χ2v) is 8.39. The predicted octanol–water partition coefficient (Wildman–Crippen LogP) is 7.55. The molecule has 0 aliphatic heterocycles. The number of nitrogens with zero attached hydrogens (tertiary/aromatic N) is 3. The lowest BCUT2D eigenvalue weighted by Crippen LogP contribution is -1.98. The monoisotopic (exact) mass is 445 g/mol. The molecule has 0 N–H and O–H groups in total. The first-order valence-electron chi connectivity index (χ1n) is 11.0. The highest BCUT2D eigenvalue weighted by Crippen LogP contribution is 2.40. The molecule has 162 valence electrons. The molecule has 0 aliphatic carbocycles. The van der Waals surface area contributed by atoms with Crippen molar-refractivity contribution in [1.82, 2.24) is 14.1 Å². The Balaban J connectivity index is 1.76. The van der Waals surface area contributed by atoms with Gasteiger partial charge in [-0.2, -0.15) is 0 Å². The molecular formula is C29H17F2N3. The normalized spacial score (nSPS) is 11.8. The van der Waals surface area contributed by atoms with Crippen LogP contribution in [0.1, 0.15) is 0 Å². The van der Waals surface area contributed by atoms with Crippen LogP contribution < -0.4 is 0 Å². The van der Waals surface area contributed by atoms with Crippen molar-refractivity contribution in [3.63, 3.8) is 0 Å². The van der Waals surface area contributed by atoms with Gasteiger partial charge in [0.05, 0.1) is 27.6 Å². The molecule has 4 aromatic carbocycles. The molecule has 0 fully saturated rings. The van der Waals surface area contributed by atoms with Crippen LogP contribution in [0.5, 0.6) is 0 Å². The smallest absolute Gasteiger partial charge is 0.147 e. The number of hydrogen-bond acceptors (Lipinski definition) is 1. The number of para-hydroxylation sites is 3. The number of hydrogen-bond donors (Lipinski definition) is 0. The average Bonchev–Trinajstić information content (AvgIpc) is 3.37. The van der Waals surface area contributed by atoms with Gasteiger partial charge in [-0.15, -0.1) is 0 Å². The Morgan fingerprint density at radius 2 is 1.18 bits per heavy atom. The van der Waals surface area contributed by atoms with E-state index in [-0.39, 0.29) is 0 Å². The van der Waals surface area contributed by atoms with Gasteiger partial charge in [-0.05, 0) is 36.4 Å². The van der Waals surface area contributed by atoms with Crippen molar-refractivity contribution in [2.45, 2.75) is 0 Å². The molecule has 34 heavy (non-hydrogen) atoms. The highest BCUT2D eigenvalue weighted by atomic mass is 19.1. The minimum Gasteiger partial charge on any atom is -0.308 e. The van der Waals surface area contributed by atoms with E-state index in [9.17, 15) is 8.78 Å². The zero-order chi connectivity index (χ0) is 22.8. The second kappa shape index (κ2) is 6.99. The van der Waals surface area contributed by atoms with Crippen molar-refractivity contribution in [3.05, 3.63) is 115 Å². The van der Waals surface area contributed by atoms with Crippen LogP contribution in [0.25, 0.3) is 55.1 Å². The summed E-state index contributed by atoms with van der Waals surface area (Å²) in [4.78, 5) is 4.92. The Labute approximate surface area is 193 Å². The zero-order valence-corrected chi connectivity index (χ0v) is 17.9. The molecule has 0 unspecified atom stereocenters. The molecule has 7 aromatic rings. The van der Waals surface area contributed by atoms with Crippen LogP contribution in [0, 0.1) is 11.6 Å². The molecule has 0 bridgehead atoms. The fraction of sp³-hybridized carbons (Fsp3) is 0. The molecule has 3 heterocycles. The maximum absolute atomic E-state index is 14.3. The van der Waals surface area contributed by atoms with Crippen molar-refractivity contribution in [2.75, 3.05) is 0 Å². The van der Waals surface area contributed by atoms with Crippen LogP contribution in [-0.2, 0) is 0 Å². The summed E-state index contributed by atoms with van der Waals surface area (Å²) in [5.74, 6) is -1.23. The van der Waals surface area contributed by atoms with Crippen LogP contribution >= 0.6 is 0 Å². The average molecular weight is 445 g/mol. The maximum atomic E-state index is 14.3. The molecule has 0 radical (unpaired) electrons. The van der Waals surface area contributed by atoms with E-state index in [0.29, 0.717) is 5.69 Å². The first kappa shape index (κ1) is 19.0. The summed E-state index contributed by atoms with van der Waals surface area (Å²) in [5.41, 5.74) is 5.00. The van der Waals surface area contributed by atoms with Gasteiger partial charge < -0.3 is 4.57 Å². The number of aromatic nitrogens is 3. The molecule has 0 spiro atoms. The van der Waals surface area contributed by atoms with Gasteiger partial charge >= 0.3 is 0 Å². The number of fused-ring (bicyclic) bond motifs is 7. The van der Waals surface area contributed by atoms with Gasteiger partial charge in [-0.1, -0.05) is 54.6 Å². The lowest BCUT2D eigenvalue weighted by atomic mass is 10.1. The largest absolute Gasteiger partial charge is 0.308 e. The summed E-state index contributed by atoms with van der Waals surface area (Å²) in [6.07, 6.45) is 1.87. The first-order valence-corrected chi connectivity index (χ1v) is 11.0. The van der Waals surface area contributed by atoms with E-state index in [0.717, 1.165) is 55.5 Å². The third-order valence-electron chi connectivity index (χ3n) is 6.44. The van der Waals surface area contributed by atoms with E-state index in [4.69, 9.17) is 4.98 Å². The summed E-state index contributed by atoms with van der Waals surface area (Å²) >= 11 is 0. The van der Waals surface area contributed by atoms with E-state index in [2.05, 4.69) is 28.8 Å². The summed E-state index contributed by atoms with van der Waals surface area (Å²) in [6, 6.07) is 29.8. The van der Waals surface area contributed by atoms with Gasteiger partial charge in [0.2, 0.25) is 0 Å². The lowest BCUT2D eigenvalue weighted by molar-refractivity contribution is 0.582. The summed E-state index contributed by atoms with van der Waals surface area (Å²) < 4.78 is 32.8. The number of benzene rings is 4. The lowest BCUT2D eigenvalue weighted by Gasteiger charge is -2.10. The number of pyridine rings is 1. The fourth-order valence-electron chi connectivity index (χ4n) is 5.12. The van der Waals surface area contributed by atoms with E-state index in [1.807, 2.05) is 65.4 Å². The summed E-state index contributed by atoms with van der Waals surface area (Å²) in [7, 11) is 0. The molecule has 0 amide bonds. The van der Waals surface area contributed by atoms with Crippen molar-refractivity contribution in [1.29, 1.82) is 0 Å². The molecular weight excluding hydrogens is 428 g/mol. The highest BCUT2D eigenvalue weighted by Gasteiger charge is 2.21. The Morgan fingerprint density at radius 1 is 0.559 bits per heavy atom. The van der Waals surface area contributed by atoms with Gasteiger partial charge in [0.25, 0.3) is 0 Å². The maximum Gasteiger partial charge on any atom is 0.147 e. The van der Waals surface area contributed by atoms with E-state index >= 15 is 0 Å². The molecule has 0 aliphatic rings. The molecule has 0 saturated carbocycles. The van der Waals surface area contributed by atoms with Gasteiger partial charge in [0.1, 0.15) is 17.3 Å². The van der Waals surface area contributed by atoms with E-state index in [1.54, 1.807) is 0 Å². The topological polar surface area (TPSA) is 22.8 Å². The summed E-state index contributed by atoms with van der Waals surface area (Å²) in [5, 5.41) is 3.88. The molecule has 5 heteroatoms. The standard InChI is InChI=1S/C29H17F2N3/c30-18-14-19(31)16-21(15-18)33-25-12-6-4-10-22(25)24-17-32-29-27(28(24)33)23-11-5-7-13-26(23)34(29)20-8-2-1-3-9-20/h1-17H. The third-order valence-corrected chi connectivity index (χ3v) is 6.44. The third kappa shape index (κ3) is 2.58. The highest BCUT2D eigenvalue weighted by molar-refractivity contribution is 6.24. The van der Waals surface area contributed by atoms with E-state index < -0.39 is 11.6 Å². The minimum atomic E-state index is -0.613. The minimum absolute atomic E-state index is 0.438. The molecule has 0 saturated heterocycles. The Bertz CT molecular complexity index is 1860. The van der Waals surface area contributed by atoms with Crippen LogP contribution in [0.3, 0.4) is 0 Å². The number of halogens is 2. The second-order valence-electron chi connectivity index (χ2n) is 8.39. The fourth-order valence-corrected chi connectivity index (χ4v) is 5.12. The van der Waals surface area contributed by atoms with Crippen molar-refractivity contribution in [3.8, 4) is 11.4 Å². The predicted molar refractivity (Wildman–Crippen MR) is 133 cm³/mol. The van der Waals surface area contributed by atoms with Crippen molar-refractivity contribution >= 4 is 43.7 Å². The molecule has 3 aromatic heterocycles. The van der Waals surface area contributed by atoms with Crippen LogP contribution in [0.2, 0.25) is 0 Å². The zero-order valence-electron chi connectivity index (χ0n) is 17.9. The van der Waals surface area contributed by atoms with Gasteiger partial charge in [-0.3, -0.25) is 4.57 Å². The Kier molecular flexibility index (Phi) is 3.91. The molecule has 7 rings (SSSR count). The van der Waals surface area contributed by atoms with Crippen molar-refractivity contribution in [2.24, 2.45) is 0 Å². The van der Waals surface area contributed by atoms with Crippen LogP contribution in [0.15, 0.2) is 103 Å². The molecule has 0 atom stereocenters. The Morgan fingerprint density at radius 3 is 1.91 bits per heavy atom. The van der Waals surface area contributed by atoms with E-state index in [1.165, 1.54) is 12.1 Å². The SMILES string of the molecule is Fc1cc(F)cc(-n2c3ccccc3c3cnc4c(c5ccccc5n4-c4ccccc4)c32)c1. The van der Waals surface area contributed by atoms with Gasteiger partial charge in [-0.25, -0.2) is 13.8 Å². The quantitative estimate of drug-likeness (QED) is 0.269. The molecule has 3 nitrogen and oxygen atoms in total. The van der Waals surface area contributed by atoms with Gasteiger partial charge in [0.15, 0.2) is 0 Å². The number of rotatable bonds is 2. The van der Waals surface area contributed by atoms with Gasteiger partial charge in [0, 0.05) is 34.1 Å². The van der Waals surface area contributed by atoms with Crippen LogP contribution in [0.4, 0.5) is 8.78 Å². The van der Waals surface area contributed by atoms with Crippen LogP contribution in [-0.4, -0.2) is 14.1 Å². The summed E-state index contributed by atoms with van der Waals surface area (Å²) in [6.45, 7) is 0.